The third kappa shape index (κ3) is 6.03. The minimum Gasteiger partial charge on any atom is -0.494 e. The minimum absolute atomic E-state index is 0. The van der Waals surface area contributed by atoms with Gasteiger partial charge in [0.05, 0.1) is 22.5 Å². The molecule has 1 amide bonds. The lowest BCUT2D eigenvalue weighted by atomic mass is 10.2. The van der Waals surface area contributed by atoms with Crippen LogP contribution in [-0.2, 0) is 9.84 Å². The molecule has 0 unspecified atom stereocenters. The van der Waals surface area contributed by atoms with Crippen molar-refractivity contribution in [3.8, 4) is 5.75 Å². The molecule has 180 valence electrons. The predicted octanol–water partition coefficient (Wildman–Crippen LogP) is 4.43. The van der Waals surface area contributed by atoms with Crippen LogP contribution in [0.5, 0.6) is 5.75 Å². The SMILES string of the molecule is CCS(=O)(=O)c1cccc(C(=O)N(CCCN(C)C)c2nc3c(OC)ccc(C)c3s2)c1.Cl. The van der Waals surface area contributed by atoms with Crippen molar-refractivity contribution < 1.29 is 17.9 Å². The second kappa shape index (κ2) is 11.3. The molecule has 0 saturated heterocycles. The monoisotopic (exact) mass is 511 g/mol. The molecule has 0 aliphatic heterocycles. The van der Waals surface area contributed by atoms with Crippen LogP contribution in [0.4, 0.5) is 5.13 Å². The summed E-state index contributed by atoms with van der Waals surface area (Å²) in [6, 6.07) is 10.1. The van der Waals surface area contributed by atoms with Crippen LogP contribution in [0, 0.1) is 6.92 Å². The van der Waals surface area contributed by atoms with Gasteiger partial charge in [0.1, 0.15) is 11.3 Å². The number of hydrogen-bond donors (Lipinski definition) is 0. The standard InChI is InChI=1S/C23H29N3O4S2.ClH/c1-6-32(28,29)18-10-7-9-17(15-18)22(27)26(14-8-13-25(3)4)23-24-20-19(30-5)12-11-16(2)21(20)31-23;/h7,9-12,15H,6,8,13-14H2,1-5H3;1H. The molecule has 7 nitrogen and oxygen atoms in total. The number of aromatic nitrogens is 1. The number of thiazole rings is 1. The first-order valence-corrected chi connectivity index (χ1v) is 12.9. The van der Waals surface area contributed by atoms with E-state index in [9.17, 15) is 13.2 Å². The first kappa shape index (κ1) is 27.0. The Hall–Kier alpha value is -2.20. The molecule has 0 saturated carbocycles. The van der Waals surface area contributed by atoms with Gasteiger partial charge in [-0.15, -0.1) is 12.4 Å². The summed E-state index contributed by atoms with van der Waals surface area (Å²) in [6.07, 6.45) is 0.748. The average Bonchev–Trinajstić information content (AvgIpc) is 3.22. The van der Waals surface area contributed by atoms with Gasteiger partial charge in [0.2, 0.25) is 0 Å². The summed E-state index contributed by atoms with van der Waals surface area (Å²) in [4.78, 5) is 22.2. The van der Waals surface area contributed by atoms with E-state index in [1.807, 2.05) is 33.2 Å². The van der Waals surface area contributed by atoms with Crippen LogP contribution in [0.25, 0.3) is 10.2 Å². The summed E-state index contributed by atoms with van der Waals surface area (Å²) in [5, 5.41) is 0.570. The molecule has 0 spiro atoms. The third-order valence-electron chi connectivity index (χ3n) is 5.20. The topological polar surface area (TPSA) is 79.8 Å². The molecule has 0 radical (unpaired) electrons. The van der Waals surface area contributed by atoms with Gasteiger partial charge in [-0.2, -0.15) is 0 Å². The van der Waals surface area contributed by atoms with E-state index in [2.05, 4.69) is 4.90 Å². The predicted molar refractivity (Wildman–Crippen MR) is 137 cm³/mol. The number of fused-ring (bicyclic) bond motifs is 1. The molecule has 0 bridgehead atoms. The zero-order valence-corrected chi connectivity index (χ0v) is 21.9. The number of sulfone groups is 1. The second-order valence-corrected chi connectivity index (χ2v) is 11.1. The zero-order valence-electron chi connectivity index (χ0n) is 19.5. The van der Waals surface area contributed by atoms with Crippen molar-refractivity contribution in [3.63, 3.8) is 0 Å². The first-order valence-electron chi connectivity index (χ1n) is 10.4. The molecule has 2 aromatic carbocycles. The minimum atomic E-state index is -3.41. The normalized spacial score (nSPS) is 11.5. The molecule has 1 aromatic heterocycles. The fourth-order valence-electron chi connectivity index (χ4n) is 3.35. The fraction of sp³-hybridized carbons (Fsp3) is 0.391. The molecule has 33 heavy (non-hydrogen) atoms. The van der Waals surface area contributed by atoms with Crippen molar-refractivity contribution in [2.24, 2.45) is 0 Å². The zero-order chi connectivity index (χ0) is 23.5. The van der Waals surface area contributed by atoms with E-state index < -0.39 is 9.84 Å². The summed E-state index contributed by atoms with van der Waals surface area (Å²) in [5.74, 6) is 0.367. The number of aryl methyl sites for hydroxylation is 1. The molecule has 3 aromatic rings. The van der Waals surface area contributed by atoms with E-state index in [1.54, 1.807) is 31.1 Å². The van der Waals surface area contributed by atoms with Gasteiger partial charge in [0, 0.05) is 12.1 Å². The van der Waals surface area contributed by atoms with Gasteiger partial charge in [0.15, 0.2) is 15.0 Å². The molecule has 0 atom stereocenters. The van der Waals surface area contributed by atoms with Crippen LogP contribution in [0.1, 0.15) is 29.3 Å². The molecule has 3 rings (SSSR count). The Balaban J connectivity index is 0.00000385. The van der Waals surface area contributed by atoms with Crippen LogP contribution in [0.15, 0.2) is 41.3 Å². The van der Waals surface area contributed by atoms with E-state index in [0.717, 1.165) is 28.7 Å². The van der Waals surface area contributed by atoms with Crippen molar-refractivity contribution in [1.29, 1.82) is 0 Å². The van der Waals surface area contributed by atoms with E-state index in [4.69, 9.17) is 9.72 Å². The maximum absolute atomic E-state index is 13.6. The highest BCUT2D eigenvalue weighted by molar-refractivity contribution is 7.91. The maximum atomic E-state index is 13.6. The lowest BCUT2D eigenvalue weighted by molar-refractivity contribution is 0.0986. The number of halogens is 1. The van der Waals surface area contributed by atoms with E-state index in [-0.39, 0.29) is 29.0 Å². The number of benzene rings is 2. The fourth-order valence-corrected chi connectivity index (χ4v) is 5.35. The number of methoxy groups -OCH3 is 1. The number of carbonyl (C=O) groups excluding carboxylic acids is 1. The summed E-state index contributed by atoms with van der Waals surface area (Å²) >= 11 is 1.44. The highest BCUT2D eigenvalue weighted by Crippen LogP contribution is 2.37. The van der Waals surface area contributed by atoms with Crippen LogP contribution in [0.3, 0.4) is 0 Å². The number of carbonyl (C=O) groups is 1. The Bertz CT molecular complexity index is 1230. The number of amides is 1. The molecular weight excluding hydrogens is 482 g/mol. The Labute approximate surface area is 205 Å². The highest BCUT2D eigenvalue weighted by Gasteiger charge is 2.24. The first-order chi connectivity index (χ1) is 15.2. The lowest BCUT2D eigenvalue weighted by Gasteiger charge is -2.21. The molecule has 1 heterocycles. The van der Waals surface area contributed by atoms with Crippen LogP contribution < -0.4 is 9.64 Å². The van der Waals surface area contributed by atoms with E-state index in [0.29, 0.717) is 23.0 Å². The summed E-state index contributed by atoms with van der Waals surface area (Å²) < 4.78 is 31.1. The Morgan fingerprint density at radius 2 is 1.88 bits per heavy atom. The van der Waals surface area contributed by atoms with Crippen molar-refractivity contribution in [1.82, 2.24) is 9.88 Å². The lowest BCUT2D eigenvalue weighted by Crippen LogP contribution is -2.33. The van der Waals surface area contributed by atoms with Gasteiger partial charge < -0.3 is 9.64 Å². The van der Waals surface area contributed by atoms with Gasteiger partial charge in [-0.1, -0.05) is 30.4 Å². The van der Waals surface area contributed by atoms with E-state index in [1.165, 1.54) is 23.5 Å². The second-order valence-electron chi connectivity index (χ2n) is 7.80. The molecule has 0 N–H and O–H groups in total. The van der Waals surface area contributed by atoms with Crippen molar-refractivity contribution >= 4 is 54.8 Å². The summed E-state index contributed by atoms with van der Waals surface area (Å²) in [7, 11) is 2.15. The molecular formula is C23H30ClN3O4S2. The average molecular weight is 512 g/mol. The van der Waals surface area contributed by atoms with Crippen molar-refractivity contribution in [2.45, 2.75) is 25.2 Å². The largest absolute Gasteiger partial charge is 0.494 e. The number of ether oxygens (including phenoxy) is 1. The molecule has 0 aliphatic carbocycles. The number of nitrogens with zero attached hydrogens (tertiary/aromatic N) is 3. The van der Waals surface area contributed by atoms with Crippen LogP contribution >= 0.6 is 23.7 Å². The van der Waals surface area contributed by atoms with Crippen LogP contribution in [0.2, 0.25) is 0 Å². The van der Waals surface area contributed by atoms with Gasteiger partial charge >= 0.3 is 0 Å². The number of hydrogen-bond acceptors (Lipinski definition) is 7. The Kier molecular flexibility index (Phi) is 9.25. The van der Waals surface area contributed by atoms with Gasteiger partial charge in [-0.25, -0.2) is 13.4 Å². The smallest absolute Gasteiger partial charge is 0.260 e. The maximum Gasteiger partial charge on any atom is 0.260 e. The van der Waals surface area contributed by atoms with E-state index >= 15 is 0 Å². The third-order valence-corrected chi connectivity index (χ3v) is 8.14. The van der Waals surface area contributed by atoms with Crippen molar-refractivity contribution in [3.05, 3.63) is 47.5 Å². The van der Waals surface area contributed by atoms with Gasteiger partial charge in [-0.3, -0.25) is 9.69 Å². The molecule has 0 aliphatic rings. The quantitative estimate of drug-likeness (QED) is 0.423. The van der Waals surface area contributed by atoms with Gasteiger partial charge in [0.25, 0.3) is 5.91 Å². The van der Waals surface area contributed by atoms with Gasteiger partial charge in [-0.05, 0) is 63.8 Å². The van der Waals surface area contributed by atoms with Crippen LogP contribution in [-0.4, -0.2) is 64.3 Å². The molecule has 0 fully saturated rings. The summed E-state index contributed by atoms with van der Waals surface area (Å²) in [5.41, 5.74) is 2.11. The summed E-state index contributed by atoms with van der Waals surface area (Å²) in [6.45, 7) is 4.86. The number of rotatable bonds is 9. The Morgan fingerprint density at radius 1 is 1.15 bits per heavy atom. The highest BCUT2D eigenvalue weighted by atomic mass is 35.5. The Morgan fingerprint density at radius 3 is 2.52 bits per heavy atom. The number of anilines is 1. The molecule has 10 heteroatoms. The van der Waals surface area contributed by atoms with Crippen molar-refractivity contribution in [2.75, 3.05) is 44.9 Å².